The highest BCUT2D eigenvalue weighted by Crippen LogP contribution is 2.35. The maximum absolute atomic E-state index is 13.3. The van der Waals surface area contributed by atoms with Crippen LogP contribution in [0.25, 0.3) is 5.65 Å². The summed E-state index contributed by atoms with van der Waals surface area (Å²) in [6, 6.07) is 2.25. The highest BCUT2D eigenvalue weighted by molar-refractivity contribution is 7.10. The number of carbonyl (C=O) groups is 1. The first-order valence-corrected chi connectivity index (χ1v) is 7.94. The lowest BCUT2D eigenvalue weighted by Crippen LogP contribution is -2.37. The van der Waals surface area contributed by atoms with Crippen LogP contribution in [0.3, 0.4) is 0 Å². The Bertz CT molecular complexity index is 891. The summed E-state index contributed by atoms with van der Waals surface area (Å²) in [6.07, 6.45) is -3.31. The molecule has 3 aromatic heterocycles. The second kappa shape index (κ2) is 6.06. The third-order valence-electron chi connectivity index (χ3n) is 3.31. The van der Waals surface area contributed by atoms with Crippen molar-refractivity contribution in [2.75, 3.05) is 0 Å². The summed E-state index contributed by atoms with van der Waals surface area (Å²) >= 11 is 6.76. The van der Waals surface area contributed by atoms with Crippen LogP contribution in [-0.4, -0.2) is 26.5 Å². The molecule has 0 aliphatic heterocycles. The van der Waals surface area contributed by atoms with Gasteiger partial charge in [-0.15, -0.1) is 11.3 Å². The Morgan fingerprint density at radius 2 is 2.21 bits per heavy atom. The van der Waals surface area contributed by atoms with Gasteiger partial charge in [0.2, 0.25) is 0 Å². The predicted octanol–water partition coefficient (Wildman–Crippen LogP) is 3.79. The number of carbonyl (C=O) groups excluding carboxylic acids is 1. The molecule has 0 saturated carbocycles. The zero-order valence-electron chi connectivity index (χ0n) is 12.1. The van der Waals surface area contributed by atoms with Crippen LogP contribution in [0, 0.1) is 6.92 Å². The summed E-state index contributed by atoms with van der Waals surface area (Å²) in [5.74, 6) is -0.970. The number of thiophene rings is 1. The second-order valence-corrected chi connectivity index (χ2v) is 6.34. The van der Waals surface area contributed by atoms with Gasteiger partial charge in [0.15, 0.2) is 17.4 Å². The van der Waals surface area contributed by atoms with Crippen molar-refractivity contribution in [1.82, 2.24) is 19.7 Å². The lowest BCUT2D eigenvalue weighted by Gasteiger charge is -2.20. The monoisotopic (exact) mass is 374 g/mol. The van der Waals surface area contributed by atoms with Gasteiger partial charge < -0.3 is 5.32 Å². The van der Waals surface area contributed by atoms with Crippen LogP contribution >= 0.6 is 22.9 Å². The number of alkyl halides is 3. The molecule has 0 aromatic carbocycles. The van der Waals surface area contributed by atoms with Crippen molar-refractivity contribution in [3.63, 3.8) is 0 Å². The van der Waals surface area contributed by atoms with E-state index in [0.717, 1.165) is 11.3 Å². The molecule has 1 amide bonds. The standard InChI is InChI=1S/C14H10ClF3N4OS/c1-7-5-9(15)20-12-10(19-6-22(7)12)13(23)21-11(14(16,17)18)8-3-2-4-24-8/h2-6,11H,1H3,(H,21,23). The molecule has 0 aliphatic carbocycles. The number of hydrogen-bond donors (Lipinski definition) is 1. The minimum atomic E-state index is -4.63. The zero-order chi connectivity index (χ0) is 17.5. The molecule has 126 valence electrons. The third kappa shape index (κ3) is 3.09. The zero-order valence-corrected chi connectivity index (χ0v) is 13.7. The molecule has 24 heavy (non-hydrogen) atoms. The number of rotatable bonds is 3. The molecule has 0 fully saturated rings. The van der Waals surface area contributed by atoms with E-state index in [9.17, 15) is 18.0 Å². The molecule has 3 heterocycles. The lowest BCUT2D eigenvalue weighted by molar-refractivity contribution is -0.154. The van der Waals surface area contributed by atoms with E-state index in [-0.39, 0.29) is 21.4 Å². The van der Waals surface area contributed by atoms with Gasteiger partial charge in [0, 0.05) is 10.6 Å². The fourth-order valence-electron chi connectivity index (χ4n) is 2.21. The molecule has 5 nitrogen and oxygen atoms in total. The minimum Gasteiger partial charge on any atom is -0.335 e. The highest BCUT2D eigenvalue weighted by atomic mass is 35.5. The fraction of sp³-hybridized carbons (Fsp3) is 0.214. The van der Waals surface area contributed by atoms with Crippen molar-refractivity contribution in [3.8, 4) is 0 Å². The largest absolute Gasteiger partial charge is 0.413 e. The molecule has 0 spiro atoms. The molecule has 0 radical (unpaired) electrons. The van der Waals surface area contributed by atoms with Gasteiger partial charge in [0.25, 0.3) is 5.91 Å². The van der Waals surface area contributed by atoms with Crippen LogP contribution < -0.4 is 5.32 Å². The molecule has 3 aromatic rings. The molecule has 1 N–H and O–H groups in total. The average molecular weight is 375 g/mol. The Morgan fingerprint density at radius 3 is 2.83 bits per heavy atom. The Balaban J connectivity index is 1.97. The molecule has 0 aliphatic rings. The predicted molar refractivity (Wildman–Crippen MR) is 83.3 cm³/mol. The van der Waals surface area contributed by atoms with Gasteiger partial charge >= 0.3 is 6.18 Å². The smallest absolute Gasteiger partial charge is 0.335 e. The van der Waals surface area contributed by atoms with Crippen molar-refractivity contribution >= 4 is 34.5 Å². The maximum Gasteiger partial charge on any atom is 0.413 e. The van der Waals surface area contributed by atoms with Crippen LogP contribution in [0.15, 0.2) is 29.9 Å². The molecule has 10 heteroatoms. The summed E-state index contributed by atoms with van der Waals surface area (Å²) in [6.45, 7) is 1.72. The normalized spacial score (nSPS) is 13.2. The van der Waals surface area contributed by atoms with E-state index in [2.05, 4.69) is 9.97 Å². The molecular weight excluding hydrogens is 365 g/mol. The SMILES string of the molecule is Cc1cc(Cl)nc2c(C(=O)NC(c3cccs3)C(F)(F)F)ncn12. The summed E-state index contributed by atoms with van der Waals surface area (Å²) in [7, 11) is 0. The number of nitrogens with zero attached hydrogens (tertiary/aromatic N) is 3. The molecule has 3 rings (SSSR count). The summed E-state index contributed by atoms with van der Waals surface area (Å²) in [4.78, 5) is 20.2. The number of aryl methyl sites for hydroxylation is 1. The van der Waals surface area contributed by atoms with Gasteiger partial charge in [-0.1, -0.05) is 17.7 Å². The van der Waals surface area contributed by atoms with Crippen molar-refractivity contribution in [2.24, 2.45) is 0 Å². The Hall–Kier alpha value is -2.13. The fourth-order valence-corrected chi connectivity index (χ4v) is 3.25. The van der Waals surface area contributed by atoms with Gasteiger partial charge in [-0.05, 0) is 24.4 Å². The highest BCUT2D eigenvalue weighted by Gasteiger charge is 2.43. The maximum atomic E-state index is 13.3. The van der Waals surface area contributed by atoms with Crippen LogP contribution in [0.4, 0.5) is 13.2 Å². The number of imidazole rings is 1. The Kier molecular flexibility index (Phi) is 4.22. The van der Waals surface area contributed by atoms with Gasteiger partial charge in [-0.2, -0.15) is 13.2 Å². The lowest BCUT2D eigenvalue weighted by atomic mass is 10.2. The number of nitrogens with one attached hydrogen (secondary N) is 1. The van der Waals surface area contributed by atoms with Crippen molar-refractivity contribution < 1.29 is 18.0 Å². The van der Waals surface area contributed by atoms with E-state index in [1.165, 1.54) is 28.2 Å². The van der Waals surface area contributed by atoms with E-state index >= 15 is 0 Å². The van der Waals surface area contributed by atoms with E-state index in [0.29, 0.717) is 5.69 Å². The Morgan fingerprint density at radius 1 is 1.46 bits per heavy atom. The first-order chi connectivity index (χ1) is 11.3. The van der Waals surface area contributed by atoms with Gasteiger partial charge in [-0.3, -0.25) is 9.20 Å². The third-order valence-corrected chi connectivity index (χ3v) is 4.44. The molecular formula is C14H10ClF3N4OS. The quantitative estimate of drug-likeness (QED) is 0.710. The average Bonchev–Trinajstić information content (AvgIpc) is 3.12. The first kappa shape index (κ1) is 16.7. The molecule has 0 saturated heterocycles. The van der Waals surface area contributed by atoms with Crippen molar-refractivity contribution in [1.29, 1.82) is 0 Å². The molecule has 1 atom stereocenters. The number of hydrogen-bond acceptors (Lipinski definition) is 4. The second-order valence-electron chi connectivity index (χ2n) is 4.97. The van der Waals surface area contributed by atoms with Crippen LogP contribution in [-0.2, 0) is 0 Å². The van der Waals surface area contributed by atoms with E-state index in [1.54, 1.807) is 13.0 Å². The van der Waals surface area contributed by atoms with E-state index < -0.39 is 18.1 Å². The van der Waals surface area contributed by atoms with Gasteiger partial charge in [0.05, 0.1) is 0 Å². The van der Waals surface area contributed by atoms with Crippen LogP contribution in [0.5, 0.6) is 0 Å². The van der Waals surface area contributed by atoms with Crippen LogP contribution in [0.1, 0.15) is 27.1 Å². The van der Waals surface area contributed by atoms with Crippen molar-refractivity contribution in [2.45, 2.75) is 19.1 Å². The van der Waals surface area contributed by atoms with Gasteiger partial charge in [-0.25, -0.2) is 9.97 Å². The minimum absolute atomic E-state index is 0.0125. The summed E-state index contributed by atoms with van der Waals surface area (Å²) in [5.41, 5.74) is 0.540. The molecule has 0 bridgehead atoms. The number of amides is 1. The summed E-state index contributed by atoms with van der Waals surface area (Å²) < 4.78 is 41.3. The first-order valence-electron chi connectivity index (χ1n) is 6.68. The number of fused-ring (bicyclic) bond motifs is 1. The van der Waals surface area contributed by atoms with E-state index in [1.807, 2.05) is 5.32 Å². The van der Waals surface area contributed by atoms with Crippen molar-refractivity contribution in [3.05, 3.63) is 51.3 Å². The number of halogens is 4. The molecule has 1 unspecified atom stereocenters. The summed E-state index contributed by atoms with van der Waals surface area (Å²) in [5, 5.41) is 3.62. The van der Waals surface area contributed by atoms with Gasteiger partial charge in [0.1, 0.15) is 11.5 Å². The van der Waals surface area contributed by atoms with E-state index in [4.69, 9.17) is 11.6 Å². The van der Waals surface area contributed by atoms with Crippen LogP contribution in [0.2, 0.25) is 5.15 Å². The topological polar surface area (TPSA) is 59.3 Å². The number of aromatic nitrogens is 3. The Labute approximate surface area is 143 Å².